The lowest BCUT2D eigenvalue weighted by Crippen LogP contribution is -1.83. The van der Waals surface area contributed by atoms with Crippen LogP contribution in [-0.4, -0.2) is 7.11 Å². The van der Waals surface area contributed by atoms with Gasteiger partial charge in [0, 0.05) is 12.0 Å². The van der Waals surface area contributed by atoms with E-state index in [0.717, 1.165) is 6.61 Å². The van der Waals surface area contributed by atoms with E-state index >= 15 is 0 Å². The van der Waals surface area contributed by atoms with Gasteiger partial charge in [-0.15, -0.1) is 11.3 Å². The molecule has 2 heteroatoms. The number of rotatable bonds is 3. The first kappa shape index (κ1) is 8.75. The Morgan fingerprint density at radius 1 is 1.55 bits per heavy atom. The highest BCUT2D eigenvalue weighted by Crippen LogP contribution is 2.23. The van der Waals surface area contributed by atoms with Crippen LogP contribution in [0.4, 0.5) is 0 Å². The molecule has 0 aromatic carbocycles. The molecule has 1 nitrogen and oxygen atoms in total. The van der Waals surface area contributed by atoms with Crippen molar-refractivity contribution in [1.29, 1.82) is 0 Å². The smallest absolute Gasteiger partial charge is 0.0721 e. The monoisotopic (exact) mass is 170 g/mol. The van der Waals surface area contributed by atoms with Crippen molar-refractivity contribution in [3.63, 3.8) is 0 Å². The van der Waals surface area contributed by atoms with E-state index in [9.17, 15) is 0 Å². The standard InChI is InChI=1S/C9H14OS/c1-7(2)9-4-8(5-10-3)6-11-9/h4,6-7H,5H2,1-3H3. The van der Waals surface area contributed by atoms with Crippen LogP contribution in [0.2, 0.25) is 0 Å². The summed E-state index contributed by atoms with van der Waals surface area (Å²) < 4.78 is 5.03. The van der Waals surface area contributed by atoms with E-state index in [1.165, 1.54) is 10.4 Å². The predicted octanol–water partition coefficient (Wildman–Crippen LogP) is 3.02. The zero-order valence-corrected chi connectivity index (χ0v) is 8.07. The van der Waals surface area contributed by atoms with Gasteiger partial charge in [-0.2, -0.15) is 0 Å². The summed E-state index contributed by atoms with van der Waals surface area (Å²) in [6.45, 7) is 5.16. The number of methoxy groups -OCH3 is 1. The molecule has 62 valence electrons. The molecule has 0 unspecified atom stereocenters. The van der Waals surface area contributed by atoms with Crippen molar-refractivity contribution in [2.75, 3.05) is 7.11 Å². The molecule has 0 aliphatic heterocycles. The van der Waals surface area contributed by atoms with Gasteiger partial charge in [0.1, 0.15) is 0 Å². The van der Waals surface area contributed by atoms with Crippen molar-refractivity contribution in [1.82, 2.24) is 0 Å². The van der Waals surface area contributed by atoms with Gasteiger partial charge in [-0.1, -0.05) is 13.8 Å². The second-order valence-corrected chi connectivity index (χ2v) is 3.89. The Bertz CT molecular complexity index is 215. The van der Waals surface area contributed by atoms with Crippen LogP contribution in [0.15, 0.2) is 11.4 Å². The minimum atomic E-state index is 0.644. The highest BCUT2D eigenvalue weighted by Gasteiger charge is 2.02. The molecule has 0 N–H and O–H groups in total. The van der Waals surface area contributed by atoms with Crippen LogP contribution in [0.3, 0.4) is 0 Å². The third kappa shape index (κ3) is 2.31. The van der Waals surface area contributed by atoms with E-state index in [4.69, 9.17) is 4.74 Å². The molecule has 0 bridgehead atoms. The highest BCUT2D eigenvalue weighted by atomic mass is 32.1. The van der Waals surface area contributed by atoms with Gasteiger partial charge in [-0.3, -0.25) is 0 Å². The summed E-state index contributed by atoms with van der Waals surface area (Å²) in [5.74, 6) is 0.644. The summed E-state index contributed by atoms with van der Waals surface area (Å²) >= 11 is 1.82. The van der Waals surface area contributed by atoms with Gasteiger partial charge in [0.25, 0.3) is 0 Å². The normalized spacial score (nSPS) is 10.9. The Morgan fingerprint density at radius 3 is 2.73 bits per heavy atom. The molecular weight excluding hydrogens is 156 g/mol. The highest BCUT2D eigenvalue weighted by molar-refractivity contribution is 7.10. The van der Waals surface area contributed by atoms with E-state index in [2.05, 4.69) is 25.3 Å². The first-order valence-electron chi connectivity index (χ1n) is 3.80. The second kappa shape index (κ2) is 3.88. The summed E-state index contributed by atoms with van der Waals surface area (Å²) in [5.41, 5.74) is 1.29. The summed E-state index contributed by atoms with van der Waals surface area (Å²) in [4.78, 5) is 1.44. The minimum Gasteiger partial charge on any atom is -0.380 e. The van der Waals surface area contributed by atoms with Crippen molar-refractivity contribution >= 4 is 11.3 Å². The Kier molecular flexibility index (Phi) is 3.09. The molecule has 0 fully saturated rings. The van der Waals surface area contributed by atoms with Crippen LogP contribution in [0.1, 0.15) is 30.2 Å². The van der Waals surface area contributed by atoms with Crippen LogP contribution in [-0.2, 0) is 11.3 Å². The van der Waals surface area contributed by atoms with E-state index in [1.54, 1.807) is 7.11 Å². The molecule has 1 aromatic heterocycles. The molecule has 0 spiro atoms. The minimum absolute atomic E-state index is 0.644. The van der Waals surface area contributed by atoms with Crippen molar-refractivity contribution in [3.8, 4) is 0 Å². The number of hydrogen-bond donors (Lipinski definition) is 0. The second-order valence-electron chi connectivity index (χ2n) is 2.95. The molecule has 11 heavy (non-hydrogen) atoms. The van der Waals surface area contributed by atoms with Crippen molar-refractivity contribution in [2.24, 2.45) is 0 Å². The van der Waals surface area contributed by atoms with Crippen LogP contribution in [0, 0.1) is 0 Å². The van der Waals surface area contributed by atoms with Crippen LogP contribution >= 0.6 is 11.3 Å². The summed E-state index contributed by atoms with van der Waals surface area (Å²) in [6.07, 6.45) is 0. The number of thiophene rings is 1. The number of ether oxygens (including phenoxy) is 1. The molecule has 1 rings (SSSR count). The zero-order valence-electron chi connectivity index (χ0n) is 7.26. The topological polar surface area (TPSA) is 9.23 Å². The SMILES string of the molecule is COCc1csc(C(C)C)c1. The lowest BCUT2D eigenvalue weighted by Gasteiger charge is -1.97. The predicted molar refractivity (Wildman–Crippen MR) is 49.1 cm³/mol. The van der Waals surface area contributed by atoms with E-state index in [0.29, 0.717) is 5.92 Å². The Morgan fingerprint density at radius 2 is 2.27 bits per heavy atom. The Balaban J connectivity index is 2.66. The fourth-order valence-corrected chi connectivity index (χ4v) is 1.85. The molecule has 0 saturated carbocycles. The van der Waals surface area contributed by atoms with E-state index in [1.807, 2.05) is 11.3 Å². The summed E-state index contributed by atoms with van der Waals surface area (Å²) in [6, 6.07) is 2.22. The van der Waals surface area contributed by atoms with Gasteiger partial charge in [0.2, 0.25) is 0 Å². The first-order chi connectivity index (χ1) is 5.24. The summed E-state index contributed by atoms with van der Waals surface area (Å²) in [5, 5.41) is 2.17. The van der Waals surface area contributed by atoms with Crippen molar-refractivity contribution < 1.29 is 4.74 Å². The van der Waals surface area contributed by atoms with E-state index < -0.39 is 0 Å². The van der Waals surface area contributed by atoms with Gasteiger partial charge < -0.3 is 4.74 Å². The lowest BCUT2D eigenvalue weighted by molar-refractivity contribution is 0.185. The van der Waals surface area contributed by atoms with E-state index in [-0.39, 0.29) is 0 Å². The molecular formula is C9H14OS. The maximum absolute atomic E-state index is 5.03. The molecule has 0 amide bonds. The van der Waals surface area contributed by atoms with Crippen LogP contribution in [0.25, 0.3) is 0 Å². The van der Waals surface area contributed by atoms with Crippen molar-refractivity contribution in [3.05, 3.63) is 21.9 Å². The third-order valence-corrected chi connectivity index (χ3v) is 2.84. The average molecular weight is 170 g/mol. The maximum atomic E-state index is 5.03. The molecule has 1 aromatic rings. The number of hydrogen-bond acceptors (Lipinski definition) is 2. The summed E-state index contributed by atoms with van der Waals surface area (Å²) in [7, 11) is 1.73. The largest absolute Gasteiger partial charge is 0.380 e. The fraction of sp³-hybridized carbons (Fsp3) is 0.556. The molecule has 0 atom stereocenters. The third-order valence-electron chi connectivity index (χ3n) is 1.55. The molecule has 0 aliphatic carbocycles. The van der Waals surface area contributed by atoms with Crippen LogP contribution < -0.4 is 0 Å². The Labute approximate surface area is 72.0 Å². The van der Waals surface area contributed by atoms with Gasteiger partial charge in [0.05, 0.1) is 6.61 Å². The fourth-order valence-electron chi connectivity index (χ4n) is 0.940. The lowest BCUT2D eigenvalue weighted by atomic mass is 10.1. The zero-order chi connectivity index (χ0) is 8.27. The quantitative estimate of drug-likeness (QED) is 0.677. The molecule has 1 heterocycles. The van der Waals surface area contributed by atoms with Gasteiger partial charge in [-0.25, -0.2) is 0 Å². The van der Waals surface area contributed by atoms with Gasteiger partial charge in [-0.05, 0) is 22.9 Å². The molecule has 0 aliphatic rings. The molecule has 0 saturated heterocycles. The van der Waals surface area contributed by atoms with Crippen molar-refractivity contribution in [2.45, 2.75) is 26.4 Å². The molecule has 0 radical (unpaired) electrons. The maximum Gasteiger partial charge on any atom is 0.0721 e. The first-order valence-corrected chi connectivity index (χ1v) is 4.68. The van der Waals surface area contributed by atoms with Gasteiger partial charge >= 0.3 is 0 Å². The van der Waals surface area contributed by atoms with Gasteiger partial charge in [0.15, 0.2) is 0 Å². The Hall–Kier alpha value is -0.340. The average Bonchev–Trinajstić information content (AvgIpc) is 2.37. The van der Waals surface area contributed by atoms with Crippen LogP contribution in [0.5, 0.6) is 0 Å².